The molecule has 2 aliphatic rings. The first kappa shape index (κ1) is 109. The third-order valence-corrected chi connectivity index (χ3v) is 21.1. The van der Waals surface area contributed by atoms with Crippen LogP contribution in [0.1, 0.15) is 131 Å². The minimum atomic E-state index is -4.47. The highest BCUT2D eigenvalue weighted by Gasteiger charge is 2.30. The number of aromatic hydroxyl groups is 1. The van der Waals surface area contributed by atoms with Crippen molar-refractivity contribution >= 4 is 121 Å². The smallest absolute Gasteiger partial charge is 0.295 e. The number of alkyl halides is 2. The summed E-state index contributed by atoms with van der Waals surface area (Å²) in [5, 5.41) is 27.9. The summed E-state index contributed by atoms with van der Waals surface area (Å²) in [5.41, 5.74) is 20.8. The van der Waals surface area contributed by atoms with E-state index in [0.29, 0.717) is 82.9 Å². The summed E-state index contributed by atoms with van der Waals surface area (Å²) in [5.74, 6) is -1.49. The first-order valence-electron chi connectivity index (χ1n) is 38.1. The van der Waals surface area contributed by atoms with Crippen molar-refractivity contribution in [3.05, 3.63) is 284 Å². The fourth-order valence-corrected chi connectivity index (χ4v) is 15.0. The summed E-state index contributed by atoms with van der Waals surface area (Å²) in [6.45, 7) is 26.4. The molecule has 1 aliphatic carbocycles. The summed E-state index contributed by atoms with van der Waals surface area (Å²) in [7, 11) is -7.94. The largest absolute Gasteiger partial charge is 0.506 e. The molecule has 0 saturated heterocycles. The number of anilines is 6. The Labute approximate surface area is 726 Å². The summed E-state index contributed by atoms with van der Waals surface area (Å²) in [4.78, 5) is 76.1. The van der Waals surface area contributed by atoms with Crippen molar-refractivity contribution in [1.82, 2.24) is 20.2 Å². The van der Waals surface area contributed by atoms with E-state index in [9.17, 15) is 54.7 Å². The summed E-state index contributed by atoms with van der Waals surface area (Å²) in [6.07, 6.45) is 0. The van der Waals surface area contributed by atoms with E-state index in [1.165, 1.54) is 35.5 Å². The van der Waals surface area contributed by atoms with Crippen LogP contribution >= 0.6 is 0 Å². The second-order valence-electron chi connectivity index (χ2n) is 26.6. The van der Waals surface area contributed by atoms with Crippen LogP contribution in [0.5, 0.6) is 5.75 Å². The van der Waals surface area contributed by atoms with Crippen molar-refractivity contribution in [2.45, 2.75) is 114 Å². The average molecular weight is 1800 g/mol. The lowest BCUT2D eigenvalue weighted by molar-refractivity contribution is 0.0941. The number of nitrogens with zero attached hydrogens (tertiary/aromatic N) is 4. The Hall–Kier alpha value is -13.2. The molecular formula is C92H106F10N10O12S2. The number of fused-ring (bicyclic) bond motifs is 6. The van der Waals surface area contributed by atoms with Gasteiger partial charge in [0.2, 0.25) is 5.43 Å². The minimum absolute atomic E-state index is 0. The number of amides is 4. The molecule has 678 valence electrons. The van der Waals surface area contributed by atoms with Crippen LogP contribution in [0.25, 0.3) is 54.7 Å². The minimum Gasteiger partial charge on any atom is -0.506 e. The van der Waals surface area contributed by atoms with E-state index >= 15 is 0 Å². The lowest BCUT2D eigenvalue weighted by Crippen LogP contribution is -2.31. The number of nitrogen functional groups attached to an aromatic ring is 1. The molecule has 10 N–H and O–H groups in total. The van der Waals surface area contributed by atoms with Gasteiger partial charge in [-0.25, -0.2) is 4.98 Å². The third kappa shape index (κ3) is 27.9. The molecule has 0 saturated carbocycles. The molecule has 1 heterocycles. The number of carbonyl (C=O) groups is 4. The van der Waals surface area contributed by atoms with Crippen LogP contribution < -0.4 is 47.5 Å². The molecule has 126 heavy (non-hydrogen) atoms. The zero-order valence-electron chi connectivity index (χ0n) is 69.9. The maximum atomic E-state index is 14.5. The van der Waals surface area contributed by atoms with Gasteiger partial charge in [-0.1, -0.05) is 153 Å². The number of carbonyl (C=O) groups excluding carboxylic acids is 4. The van der Waals surface area contributed by atoms with Crippen LogP contribution in [0.15, 0.2) is 233 Å². The molecule has 11 aromatic rings. The number of nitrogens with one attached hydrogen (secondary N) is 5. The van der Waals surface area contributed by atoms with E-state index in [1.807, 2.05) is 93.8 Å². The highest BCUT2D eigenvalue weighted by atomic mass is 32.2. The lowest BCUT2D eigenvalue weighted by atomic mass is 9.95. The van der Waals surface area contributed by atoms with Crippen molar-refractivity contribution < 1.29 is 95.6 Å². The highest BCUT2D eigenvalue weighted by molar-refractivity contribution is 7.86. The van der Waals surface area contributed by atoms with Crippen LogP contribution in [0.2, 0.25) is 0 Å². The number of halogens is 10. The molecule has 0 atom stereocenters. The zero-order valence-corrected chi connectivity index (χ0v) is 71.6. The van der Waals surface area contributed by atoms with Gasteiger partial charge in [-0.3, -0.25) is 41.9 Å². The fourth-order valence-electron chi connectivity index (χ4n) is 13.5. The maximum Gasteiger partial charge on any atom is 0.295 e. The second-order valence-corrected chi connectivity index (χ2v) is 29.4. The first-order chi connectivity index (χ1) is 59.6. The number of aromatic nitrogens is 2. The van der Waals surface area contributed by atoms with Gasteiger partial charge in [0.25, 0.3) is 43.9 Å². The number of nitrogens with two attached hydrogens (primary N) is 1. The monoisotopic (exact) mass is 1800 g/mol. The SMILES string of the molecule is C.C.CCN(CC)c1ccc2nc3c4c(NC(=O)c5ccccc5)cccc4c(=O)c(C(=O)NCc4ccc(C)cc4C)c-3n(CC)c2c1.CCNc1cc(N(CC)CC)ccc1N.CF.CF.Cc1ccc(CNC(=O)c2ccc3c(NC(=O)c4ccccc4)cccc3c2O)c(C)c1.FF.FF.FF.FF.O=S(=O)(O)c1cccc2c(S(=O)(=O)O)cccc12. The molecule has 11 aromatic carbocycles. The van der Waals surface area contributed by atoms with E-state index in [4.69, 9.17) is 56.4 Å². The van der Waals surface area contributed by atoms with Gasteiger partial charge in [0.1, 0.15) is 21.1 Å². The van der Waals surface area contributed by atoms with Crippen molar-refractivity contribution in [2.75, 3.05) is 78.6 Å². The van der Waals surface area contributed by atoms with Crippen molar-refractivity contribution in [3.8, 4) is 17.1 Å². The molecule has 0 unspecified atom stereocenters. The molecule has 1 aliphatic heterocycles. The predicted molar refractivity (Wildman–Crippen MR) is 486 cm³/mol. The zero-order chi connectivity index (χ0) is 92.7. The van der Waals surface area contributed by atoms with Gasteiger partial charge in [0.15, 0.2) is 0 Å². The van der Waals surface area contributed by atoms with Crippen LogP contribution in [0.4, 0.5) is 79.5 Å². The van der Waals surface area contributed by atoms with Gasteiger partial charge < -0.3 is 51.8 Å². The van der Waals surface area contributed by atoms with Gasteiger partial charge in [0, 0.05) is 149 Å². The van der Waals surface area contributed by atoms with Crippen molar-refractivity contribution in [3.63, 3.8) is 0 Å². The van der Waals surface area contributed by atoms with E-state index < -0.39 is 41.4 Å². The van der Waals surface area contributed by atoms with E-state index in [-0.39, 0.29) is 66.8 Å². The highest BCUT2D eigenvalue weighted by Crippen LogP contribution is 2.40. The summed E-state index contributed by atoms with van der Waals surface area (Å²) in [6, 6.07) is 63.5. The second kappa shape index (κ2) is 53.8. The number of hydrogen-bond acceptors (Lipinski definition) is 15. The maximum absolute atomic E-state index is 14.5. The molecule has 22 nitrogen and oxygen atoms in total. The van der Waals surface area contributed by atoms with E-state index in [1.54, 1.807) is 97.1 Å². The molecular weight excluding hydrogens is 1690 g/mol. The molecule has 13 rings (SSSR count). The molecule has 0 spiro atoms. The van der Waals surface area contributed by atoms with Gasteiger partial charge in [-0.05, 0) is 182 Å². The standard InChI is InChI=1S/C39H39N5O3.C27H24N2O3.C12H21N3.C10H8O6S2.2CH3F.2CH4.4F2/c1-6-43(7-2)28-19-20-30-32(22-28)44(8-3)36-34(39(47)40-23-27-18-17-24(4)21-25(27)5)37(45)29-15-12-16-31(33(29)35(36)41-30)42-38(46)26-13-10-9-11-14-26;1-17-11-12-20(18(2)15-17)16-28-27(32)23-14-13-21-22(25(23)30)9-6-10-24(21)29-26(31)19-7-4-3-5-8-19;1-4-14-12-9-10(7-8-11(12)13)15(5-2)6-3;11-17(12,13)9-5-1-3-7-8(9)4-2-6-10(7)18(14,15)16;2*1-2;;;4*1-2/h9-22H,6-8,23H2,1-5H3,(H,40,47)(H,42,46);3-15,30H,16H2,1-2H3,(H,28,32)(H,29,31);7-9,14H,4-6,13H2,1-3H3;1-6H,(H,11,12,13)(H,14,15,16);2*1H3;2*1H4;;;;. The number of hydrogen-bond donors (Lipinski definition) is 9. The number of phenols is 1. The topological polar surface area (TPSA) is 325 Å². The van der Waals surface area contributed by atoms with Crippen LogP contribution in [-0.4, -0.2) is 111 Å². The molecule has 34 heteroatoms. The normalized spacial score (nSPS) is 10.2. The average Bonchev–Trinajstić information content (AvgIpc) is 0.715. The third-order valence-electron chi connectivity index (χ3n) is 19.3. The Kier molecular flexibility index (Phi) is 46.5. The molecule has 0 bridgehead atoms. The van der Waals surface area contributed by atoms with Gasteiger partial charge >= 0.3 is 0 Å². The van der Waals surface area contributed by atoms with Gasteiger partial charge in [-0.2, -0.15) is 16.8 Å². The summed E-state index contributed by atoms with van der Waals surface area (Å²) >= 11 is 0. The molecule has 0 aromatic heterocycles. The Morgan fingerprint density at radius 3 is 1.34 bits per heavy atom. The van der Waals surface area contributed by atoms with Crippen LogP contribution in [0, 0.1) is 27.7 Å². The predicted octanol–water partition coefficient (Wildman–Crippen LogP) is 22.3. The first-order valence-corrected chi connectivity index (χ1v) is 41.0. The van der Waals surface area contributed by atoms with Crippen LogP contribution in [0.3, 0.4) is 0 Å². The Morgan fingerprint density at radius 1 is 0.460 bits per heavy atom. The number of phenolic OH excluding ortho intramolecular Hbond substituents is 1. The Morgan fingerprint density at radius 2 is 0.889 bits per heavy atom. The van der Waals surface area contributed by atoms with Crippen molar-refractivity contribution in [1.29, 1.82) is 0 Å². The van der Waals surface area contributed by atoms with Gasteiger partial charge in [-0.15, -0.1) is 0 Å². The van der Waals surface area contributed by atoms with Crippen LogP contribution in [-0.2, 0) is 39.9 Å². The number of rotatable bonds is 21. The number of aryl methyl sites for hydroxylation is 5. The quantitative estimate of drug-likeness (QED) is 0.0106. The van der Waals surface area contributed by atoms with E-state index in [0.717, 1.165) is 101 Å². The van der Waals surface area contributed by atoms with Crippen molar-refractivity contribution in [2.24, 2.45) is 0 Å². The molecule has 0 radical (unpaired) electrons. The van der Waals surface area contributed by atoms with E-state index in [2.05, 4.69) is 101 Å². The van der Waals surface area contributed by atoms with Gasteiger partial charge in [0.05, 0.1) is 59.4 Å². The molecule has 0 fully saturated rings. The summed E-state index contributed by atoms with van der Waals surface area (Å²) < 4.78 is 148. The Bertz CT molecular complexity index is 5910. The molecule has 4 amide bonds. The lowest BCUT2D eigenvalue weighted by Gasteiger charge is -2.25. The number of benzene rings is 12. The Balaban J connectivity index is 0.000000588. The fraction of sp³-hybridized carbons (Fsp3) is 0.239.